The first-order valence-electron chi connectivity index (χ1n) is 14.2. The highest BCUT2D eigenvalue weighted by molar-refractivity contribution is 6.39. The van der Waals surface area contributed by atoms with Crippen molar-refractivity contribution in [3.63, 3.8) is 0 Å². The number of fused-ring (bicyclic) bond motifs is 1. The number of aromatic nitrogens is 1. The van der Waals surface area contributed by atoms with Crippen LogP contribution in [0.2, 0.25) is 0 Å². The van der Waals surface area contributed by atoms with Gasteiger partial charge >= 0.3 is 18.0 Å². The monoisotopic (exact) mass is 644 g/mol. The molecule has 242 valence electrons. The van der Waals surface area contributed by atoms with Gasteiger partial charge < -0.3 is 30.2 Å². The van der Waals surface area contributed by atoms with Crippen LogP contribution in [0.4, 0.5) is 27.6 Å². The van der Waals surface area contributed by atoms with Gasteiger partial charge in [0.1, 0.15) is 17.1 Å². The molecule has 14 heteroatoms. The number of rotatable bonds is 9. The molecule has 3 aromatic carbocycles. The van der Waals surface area contributed by atoms with Crippen molar-refractivity contribution in [1.29, 1.82) is 0 Å². The summed E-state index contributed by atoms with van der Waals surface area (Å²) in [5, 5.41) is 8.21. The summed E-state index contributed by atoms with van der Waals surface area (Å²) in [6, 6.07) is 10.7. The standard InChI is InChI=1S/C32H29F5N4O5/c1-44-29-27(45-17-18-8-11-38-12-9-18)7-4-21-25(10-13-39-28(21)29)46-26-6-3-20(15-24(26)34)41-31(43)30(42)40-16-19-2-5-23(33)22(14-19)32(35,36)37/h2-7,10,13-15,18,38H,8-9,11-12,16-17H2,1H3,(H,40,42)(H,41,43). The highest BCUT2D eigenvalue weighted by Gasteiger charge is 2.34. The Labute approximate surface area is 260 Å². The van der Waals surface area contributed by atoms with E-state index in [0.717, 1.165) is 38.1 Å². The van der Waals surface area contributed by atoms with Crippen LogP contribution in [0.25, 0.3) is 10.9 Å². The molecule has 2 amide bonds. The maximum atomic E-state index is 15.0. The van der Waals surface area contributed by atoms with E-state index in [0.29, 0.717) is 47.1 Å². The number of halogens is 5. The number of benzene rings is 3. The quantitative estimate of drug-likeness (QED) is 0.152. The Bertz CT molecular complexity index is 1740. The molecule has 1 saturated heterocycles. The van der Waals surface area contributed by atoms with Crippen molar-refractivity contribution >= 4 is 28.4 Å². The fourth-order valence-corrected chi connectivity index (χ4v) is 4.93. The van der Waals surface area contributed by atoms with Crippen LogP contribution in [0.1, 0.15) is 24.0 Å². The molecule has 0 aliphatic carbocycles. The van der Waals surface area contributed by atoms with Crippen molar-refractivity contribution in [3.05, 3.63) is 83.6 Å². The molecule has 0 unspecified atom stereocenters. The second kappa shape index (κ2) is 14.0. The maximum absolute atomic E-state index is 15.0. The molecule has 1 fully saturated rings. The molecule has 2 heterocycles. The number of nitrogens with zero attached hydrogens (tertiary/aromatic N) is 1. The smallest absolute Gasteiger partial charge is 0.419 e. The number of piperidine rings is 1. The van der Waals surface area contributed by atoms with Crippen molar-refractivity contribution in [2.45, 2.75) is 25.6 Å². The summed E-state index contributed by atoms with van der Waals surface area (Å²) in [5.41, 5.74) is -1.21. The molecule has 4 aromatic rings. The lowest BCUT2D eigenvalue weighted by Gasteiger charge is -2.23. The van der Waals surface area contributed by atoms with E-state index in [-0.39, 0.29) is 22.7 Å². The Balaban J connectivity index is 1.23. The second-order valence-electron chi connectivity index (χ2n) is 10.5. The summed E-state index contributed by atoms with van der Waals surface area (Å²) in [5.74, 6) is -3.27. The fourth-order valence-electron chi connectivity index (χ4n) is 4.93. The van der Waals surface area contributed by atoms with Gasteiger partial charge in [-0.25, -0.2) is 8.78 Å². The van der Waals surface area contributed by atoms with E-state index in [1.54, 1.807) is 18.2 Å². The Kier molecular flexibility index (Phi) is 9.85. The number of nitrogens with one attached hydrogen (secondary N) is 3. The van der Waals surface area contributed by atoms with Crippen LogP contribution in [0.3, 0.4) is 0 Å². The van der Waals surface area contributed by atoms with Gasteiger partial charge in [-0.3, -0.25) is 14.6 Å². The predicted molar refractivity (Wildman–Crippen MR) is 158 cm³/mol. The van der Waals surface area contributed by atoms with E-state index in [2.05, 4.69) is 20.9 Å². The number of carbonyl (C=O) groups excluding carboxylic acids is 2. The van der Waals surface area contributed by atoms with Crippen molar-refractivity contribution in [2.75, 3.05) is 32.1 Å². The van der Waals surface area contributed by atoms with Gasteiger partial charge in [-0.05, 0) is 79.9 Å². The van der Waals surface area contributed by atoms with E-state index in [9.17, 15) is 27.2 Å². The third kappa shape index (κ3) is 7.62. The van der Waals surface area contributed by atoms with Gasteiger partial charge in [0.25, 0.3) is 0 Å². The minimum Gasteiger partial charge on any atom is -0.491 e. The molecule has 1 aliphatic heterocycles. The summed E-state index contributed by atoms with van der Waals surface area (Å²) in [7, 11) is 1.50. The Hall–Kier alpha value is -4.98. The summed E-state index contributed by atoms with van der Waals surface area (Å²) in [6.45, 7) is 1.95. The summed E-state index contributed by atoms with van der Waals surface area (Å²) in [6.07, 6.45) is -1.42. The lowest BCUT2D eigenvalue weighted by Crippen LogP contribution is -2.35. The number of methoxy groups -OCH3 is 1. The highest BCUT2D eigenvalue weighted by Crippen LogP contribution is 2.40. The minimum atomic E-state index is -4.93. The van der Waals surface area contributed by atoms with Gasteiger partial charge in [-0.1, -0.05) is 6.07 Å². The number of carbonyl (C=O) groups is 2. The number of hydrogen-bond acceptors (Lipinski definition) is 7. The number of ether oxygens (including phenoxy) is 3. The zero-order valence-corrected chi connectivity index (χ0v) is 24.5. The molecule has 46 heavy (non-hydrogen) atoms. The first kappa shape index (κ1) is 32.4. The largest absolute Gasteiger partial charge is 0.491 e. The van der Waals surface area contributed by atoms with E-state index >= 15 is 4.39 Å². The molecular formula is C32H29F5N4O5. The summed E-state index contributed by atoms with van der Waals surface area (Å²) < 4.78 is 84.8. The molecule has 0 saturated carbocycles. The second-order valence-corrected chi connectivity index (χ2v) is 10.5. The van der Waals surface area contributed by atoms with Crippen LogP contribution in [-0.4, -0.2) is 43.6 Å². The molecule has 1 aromatic heterocycles. The summed E-state index contributed by atoms with van der Waals surface area (Å²) in [4.78, 5) is 29.0. The predicted octanol–water partition coefficient (Wildman–Crippen LogP) is 5.97. The number of amides is 2. The van der Waals surface area contributed by atoms with Crippen LogP contribution in [-0.2, 0) is 22.3 Å². The number of alkyl halides is 3. The van der Waals surface area contributed by atoms with Gasteiger partial charge in [-0.15, -0.1) is 0 Å². The number of anilines is 1. The third-order valence-corrected chi connectivity index (χ3v) is 7.33. The zero-order chi connectivity index (χ0) is 32.8. The van der Waals surface area contributed by atoms with Gasteiger partial charge in [0.15, 0.2) is 23.1 Å². The van der Waals surface area contributed by atoms with Gasteiger partial charge in [-0.2, -0.15) is 13.2 Å². The van der Waals surface area contributed by atoms with Gasteiger partial charge in [0.05, 0.1) is 19.3 Å². The Morgan fingerprint density at radius 2 is 1.70 bits per heavy atom. The third-order valence-electron chi connectivity index (χ3n) is 7.33. The van der Waals surface area contributed by atoms with Crippen LogP contribution >= 0.6 is 0 Å². The number of hydrogen-bond donors (Lipinski definition) is 3. The molecule has 1 aliphatic rings. The van der Waals surface area contributed by atoms with Crippen LogP contribution < -0.4 is 30.2 Å². The Morgan fingerprint density at radius 1 is 0.935 bits per heavy atom. The Morgan fingerprint density at radius 3 is 2.41 bits per heavy atom. The molecule has 9 nitrogen and oxygen atoms in total. The lowest BCUT2D eigenvalue weighted by atomic mass is 9.99. The summed E-state index contributed by atoms with van der Waals surface area (Å²) >= 11 is 0. The fraction of sp³-hybridized carbons (Fsp3) is 0.281. The van der Waals surface area contributed by atoms with Crippen molar-refractivity contribution < 1.29 is 45.8 Å². The van der Waals surface area contributed by atoms with Crippen molar-refractivity contribution in [3.8, 4) is 23.0 Å². The van der Waals surface area contributed by atoms with Crippen LogP contribution in [0.15, 0.2) is 60.8 Å². The zero-order valence-electron chi connectivity index (χ0n) is 24.5. The van der Waals surface area contributed by atoms with Crippen LogP contribution in [0.5, 0.6) is 23.0 Å². The van der Waals surface area contributed by atoms with E-state index < -0.39 is 41.7 Å². The maximum Gasteiger partial charge on any atom is 0.419 e. The molecule has 0 bridgehead atoms. The van der Waals surface area contributed by atoms with Gasteiger partial charge in [0.2, 0.25) is 0 Å². The van der Waals surface area contributed by atoms with E-state index in [4.69, 9.17) is 14.2 Å². The first-order valence-corrected chi connectivity index (χ1v) is 14.2. The van der Waals surface area contributed by atoms with Crippen LogP contribution in [0, 0.1) is 17.6 Å². The minimum absolute atomic E-state index is 0.0790. The molecule has 0 spiro atoms. The molecule has 3 N–H and O–H groups in total. The molecular weight excluding hydrogens is 615 g/mol. The average molecular weight is 645 g/mol. The number of pyridine rings is 1. The van der Waals surface area contributed by atoms with E-state index in [1.165, 1.54) is 25.4 Å². The van der Waals surface area contributed by atoms with Gasteiger partial charge in [0, 0.05) is 29.9 Å². The first-order chi connectivity index (χ1) is 22.0. The van der Waals surface area contributed by atoms with Crippen molar-refractivity contribution in [1.82, 2.24) is 15.6 Å². The normalized spacial score (nSPS) is 13.7. The molecule has 0 radical (unpaired) electrons. The molecule has 0 atom stereocenters. The topological polar surface area (TPSA) is 111 Å². The van der Waals surface area contributed by atoms with E-state index in [1.807, 2.05) is 0 Å². The molecule has 5 rings (SSSR count). The SMILES string of the molecule is COc1c(OCC2CCNCC2)ccc2c(Oc3ccc(NC(=O)C(=O)NCc4ccc(F)c(C(F)(F)F)c4)cc3F)ccnc12. The van der Waals surface area contributed by atoms with Crippen molar-refractivity contribution in [2.24, 2.45) is 5.92 Å². The highest BCUT2D eigenvalue weighted by atomic mass is 19.4. The lowest BCUT2D eigenvalue weighted by molar-refractivity contribution is -0.140. The average Bonchev–Trinajstić information content (AvgIpc) is 3.04.